The molecule has 1 heterocycles. The molecule has 1 aliphatic rings. The Bertz CT molecular complexity index is 380. The minimum absolute atomic E-state index is 0.101. The summed E-state index contributed by atoms with van der Waals surface area (Å²) in [4.78, 5) is 0. The highest BCUT2D eigenvalue weighted by Gasteiger charge is 2.28. The van der Waals surface area contributed by atoms with Crippen LogP contribution in [-0.4, -0.2) is 18.1 Å². The normalized spacial score (nSPS) is 21.7. The molecule has 2 atom stereocenters. The number of benzene rings is 1. The van der Waals surface area contributed by atoms with Crippen molar-refractivity contribution < 1.29 is 4.39 Å². The molecule has 2 rings (SSSR count). The van der Waals surface area contributed by atoms with E-state index in [-0.39, 0.29) is 11.9 Å². The SMILES string of the molecule is CCNC(c1cc(Br)ccc1F)C1CCSC1. The van der Waals surface area contributed by atoms with Crippen LogP contribution in [0.2, 0.25) is 0 Å². The third kappa shape index (κ3) is 3.24. The molecule has 1 aromatic carbocycles. The third-order valence-electron chi connectivity index (χ3n) is 3.15. The van der Waals surface area contributed by atoms with E-state index < -0.39 is 0 Å². The van der Waals surface area contributed by atoms with Gasteiger partial charge in [0, 0.05) is 16.1 Å². The highest BCUT2D eigenvalue weighted by Crippen LogP contribution is 2.35. The first-order valence-corrected chi connectivity index (χ1v) is 7.93. The highest BCUT2D eigenvalue weighted by molar-refractivity contribution is 9.10. The van der Waals surface area contributed by atoms with E-state index in [9.17, 15) is 4.39 Å². The van der Waals surface area contributed by atoms with Gasteiger partial charge in [0.25, 0.3) is 0 Å². The van der Waals surface area contributed by atoms with Gasteiger partial charge in [-0.25, -0.2) is 4.39 Å². The van der Waals surface area contributed by atoms with Gasteiger partial charge in [0.2, 0.25) is 0 Å². The topological polar surface area (TPSA) is 12.0 Å². The Hall–Kier alpha value is -0.0600. The standard InChI is InChI=1S/C13H17BrFNS/c1-2-16-13(9-5-6-17-8-9)11-7-10(14)3-4-12(11)15/h3-4,7,9,13,16H,2,5-6,8H2,1H3. The summed E-state index contributed by atoms with van der Waals surface area (Å²) in [5.41, 5.74) is 0.800. The predicted molar refractivity (Wildman–Crippen MR) is 75.9 cm³/mol. The van der Waals surface area contributed by atoms with Gasteiger partial charge in [0.05, 0.1) is 0 Å². The zero-order valence-electron chi connectivity index (χ0n) is 9.88. The fourth-order valence-electron chi connectivity index (χ4n) is 2.32. The van der Waals surface area contributed by atoms with Crippen LogP contribution < -0.4 is 5.32 Å². The van der Waals surface area contributed by atoms with E-state index in [1.54, 1.807) is 12.1 Å². The van der Waals surface area contributed by atoms with Gasteiger partial charge in [-0.15, -0.1) is 0 Å². The predicted octanol–water partition coefficient (Wildman–Crippen LogP) is 3.99. The van der Waals surface area contributed by atoms with Crippen LogP contribution >= 0.6 is 27.7 Å². The highest BCUT2D eigenvalue weighted by atomic mass is 79.9. The van der Waals surface area contributed by atoms with E-state index in [1.807, 2.05) is 17.8 Å². The van der Waals surface area contributed by atoms with E-state index in [0.717, 1.165) is 22.3 Å². The molecule has 1 nitrogen and oxygen atoms in total. The van der Waals surface area contributed by atoms with Gasteiger partial charge in [-0.1, -0.05) is 22.9 Å². The largest absolute Gasteiger partial charge is 0.310 e. The van der Waals surface area contributed by atoms with Gasteiger partial charge < -0.3 is 5.32 Å². The van der Waals surface area contributed by atoms with Gasteiger partial charge >= 0.3 is 0 Å². The smallest absolute Gasteiger partial charge is 0.128 e. The van der Waals surface area contributed by atoms with E-state index in [1.165, 1.54) is 12.2 Å². The molecule has 0 aliphatic carbocycles. The Morgan fingerprint density at radius 2 is 2.41 bits per heavy atom. The van der Waals surface area contributed by atoms with E-state index in [4.69, 9.17) is 0 Å². The molecule has 1 aromatic rings. The van der Waals surface area contributed by atoms with Crippen LogP contribution in [-0.2, 0) is 0 Å². The van der Waals surface area contributed by atoms with E-state index >= 15 is 0 Å². The molecule has 0 amide bonds. The molecule has 1 N–H and O–H groups in total. The second-order valence-electron chi connectivity index (χ2n) is 4.32. The maximum Gasteiger partial charge on any atom is 0.128 e. The van der Waals surface area contributed by atoms with Crippen LogP contribution in [0.25, 0.3) is 0 Å². The monoisotopic (exact) mass is 317 g/mol. The van der Waals surface area contributed by atoms with E-state index in [2.05, 4.69) is 28.2 Å². The fraction of sp³-hybridized carbons (Fsp3) is 0.538. The molecule has 0 radical (unpaired) electrons. The summed E-state index contributed by atoms with van der Waals surface area (Å²) in [6, 6.07) is 5.36. The van der Waals surface area contributed by atoms with Crippen molar-refractivity contribution in [3.63, 3.8) is 0 Å². The molecule has 4 heteroatoms. The van der Waals surface area contributed by atoms with Crippen molar-refractivity contribution in [2.24, 2.45) is 5.92 Å². The van der Waals surface area contributed by atoms with Gasteiger partial charge in [-0.2, -0.15) is 11.8 Å². The summed E-state index contributed by atoms with van der Waals surface area (Å²) in [7, 11) is 0. The minimum Gasteiger partial charge on any atom is -0.310 e. The van der Waals surface area contributed by atoms with Crippen molar-refractivity contribution in [1.82, 2.24) is 5.32 Å². The zero-order chi connectivity index (χ0) is 12.3. The number of nitrogens with one attached hydrogen (secondary N) is 1. The molecule has 1 saturated heterocycles. The maximum absolute atomic E-state index is 13.9. The first-order valence-electron chi connectivity index (χ1n) is 5.98. The fourth-order valence-corrected chi connectivity index (χ4v) is 4.00. The van der Waals surface area contributed by atoms with Crippen molar-refractivity contribution in [3.05, 3.63) is 34.1 Å². The van der Waals surface area contributed by atoms with Gasteiger partial charge in [-0.05, 0) is 48.6 Å². The molecule has 2 unspecified atom stereocenters. The van der Waals surface area contributed by atoms with E-state index in [0.29, 0.717) is 5.92 Å². The number of rotatable bonds is 4. The lowest BCUT2D eigenvalue weighted by Gasteiger charge is -2.25. The number of halogens is 2. The number of thioether (sulfide) groups is 1. The molecule has 17 heavy (non-hydrogen) atoms. The van der Waals surface area contributed by atoms with Crippen molar-refractivity contribution in [2.45, 2.75) is 19.4 Å². The van der Waals surface area contributed by atoms with Crippen LogP contribution in [0.15, 0.2) is 22.7 Å². The van der Waals surface area contributed by atoms with Crippen LogP contribution in [0.5, 0.6) is 0 Å². The Morgan fingerprint density at radius 3 is 3.06 bits per heavy atom. The average molecular weight is 318 g/mol. The summed E-state index contributed by atoms with van der Waals surface area (Å²) in [5, 5.41) is 3.43. The molecule has 1 aliphatic heterocycles. The van der Waals surface area contributed by atoms with Gasteiger partial charge in [0.15, 0.2) is 0 Å². The molecule has 0 spiro atoms. The molecule has 0 aromatic heterocycles. The van der Waals surface area contributed by atoms with Crippen molar-refractivity contribution in [2.75, 3.05) is 18.1 Å². The first kappa shape index (κ1) is 13.4. The molecule has 1 fully saturated rings. The minimum atomic E-state index is -0.101. The summed E-state index contributed by atoms with van der Waals surface area (Å²) < 4.78 is 14.9. The quantitative estimate of drug-likeness (QED) is 0.901. The summed E-state index contributed by atoms with van der Waals surface area (Å²) in [5.74, 6) is 2.77. The summed E-state index contributed by atoms with van der Waals surface area (Å²) in [6.45, 7) is 2.95. The Morgan fingerprint density at radius 1 is 1.59 bits per heavy atom. The van der Waals surface area contributed by atoms with Gasteiger partial charge in [0.1, 0.15) is 5.82 Å². The molecule has 94 valence electrons. The van der Waals surface area contributed by atoms with Crippen LogP contribution in [0.3, 0.4) is 0 Å². The first-order chi connectivity index (χ1) is 8.22. The summed E-state index contributed by atoms with van der Waals surface area (Å²) >= 11 is 5.39. The maximum atomic E-state index is 13.9. The summed E-state index contributed by atoms with van der Waals surface area (Å²) in [6.07, 6.45) is 1.17. The van der Waals surface area contributed by atoms with Crippen molar-refractivity contribution in [1.29, 1.82) is 0 Å². The molecule has 0 bridgehead atoms. The zero-order valence-corrected chi connectivity index (χ0v) is 12.3. The number of hydrogen-bond donors (Lipinski definition) is 1. The van der Waals surface area contributed by atoms with Gasteiger partial charge in [-0.3, -0.25) is 0 Å². The molecular weight excluding hydrogens is 301 g/mol. The Balaban J connectivity index is 2.27. The average Bonchev–Trinajstić information content (AvgIpc) is 2.83. The van der Waals surface area contributed by atoms with Crippen LogP contribution in [0.1, 0.15) is 24.9 Å². The molecule has 0 saturated carbocycles. The lowest BCUT2D eigenvalue weighted by atomic mass is 9.92. The van der Waals surface area contributed by atoms with Crippen molar-refractivity contribution in [3.8, 4) is 0 Å². The third-order valence-corrected chi connectivity index (χ3v) is 4.83. The Kier molecular flexibility index (Phi) is 4.88. The van der Waals surface area contributed by atoms with Crippen LogP contribution in [0.4, 0.5) is 4.39 Å². The molecular formula is C13H17BrFNS. The Labute approximate surface area is 115 Å². The van der Waals surface area contributed by atoms with Crippen LogP contribution in [0, 0.1) is 11.7 Å². The number of hydrogen-bond acceptors (Lipinski definition) is 2. The van der Waals surface area contributed by atoms with Crippen molar-refractivity contribution >= 4 is 27.7 Å². The lowest BCUT2D eigenvalue weighted by molar-refractivity contribution is 0.387. The second-order valence-corrected chi connectivity index (χ2v) is 6.39. The second kappa shape index (κ2) is 6.21. The lowest BCUT2D eigenvalue weighted by Crippen LogP contribution is -2.29.